The second-order valence-electron chi connectivity index (χ2n) is 4.98. The summed E-state index contributed by atoms with van der Waals surface area (Å²) in [6.45, 7) is 4.07. The molecule has 1 aromatic heterocycles. The highest BCUT2D eigenvalue weighted by molar-refractivity contribution is 7.07. The Bertz CT molecular complexity index is 581. The van der Waals surface area contributed by atoms with Crippen molar-refractivity contribution in [2.75, 3.05) is 20.3 Å². The van der Waals surface area contributed by atoms with Gasteiger partial charge in [-0.3, -0.25) is 0 Å². The van der Waals surface area contributed by atoms with E-state index in [0.29, 0.717) is 25.0 Å². The van der Waals surface area contributed by atoms with E-state index in [1.165, 1.54) is 5.56 Å². The Labute approximate surface area is 128 Å². The van der Waals surface area contributed by atoms with Gasteiger partial charge in [-0.05, 0) is 47.0 Å². The fourth-order valence-electron chi connectivity index (χ4n) is 2.34. The third-order valence-corrected chi connectivity index (χ3v) is 4.24. The summed E-state index contributed by atoms with van der Waals surface area (Å²) in [5.41, 5.74) is 2.43. The monoisotopic (exact) mass is 305 g/mol. The van der Waals surface area contributed by atoms with Gasteiger partial charge in [0.2, 0.25) is 5.75 Å². The third kappa shape index (κ3) is 3.14. The fraction of sp³-hybridized carbons (Fsp3) is 0.375. The first-order valence-electron chi connectivity index (χ1n) is 7.00. The van der Waals surface area contributed by atoms with E-state index < -0.39 is 0 Å². The molecule has 3 rings (SSSR count). The van der Waals surface area contributed by atoms with Crippen LogP contribution in [0.3, 0.4) is 0 Å². The predicted molar refractivity (Wildman–Crippen MR) is 83.6 cm³/mol. The highest BCUT2D eigenvalue weighted by Gasteiger charge is 2.18. The number of ether oxygens (including phenoxy) is 3. The lowest BCUT2D eigenvalue weighted by molar-refractivity contribution is 0.165. The summed E-state index contributed by atoms with van der Waals surface area (Å²) >= 11 is 1.72. The van der Waals surface area contributed by atoms with Crippen molar-refractivity contribution in [2.45, 2.75) is 19.5 Å². The molecule has 5 heteroatoms. The first-order chi connectivity index (χ1) is 10.3. The number of thiophene rings is 1. The number of benzene rings is 1. The van der Waals surface area contributed by atoms with Crippen LogP contribution in [0.15, 0.2) is 29.0 Å². The minimum atomic E-state index is 0.315. The second-order valence-corrected chi connectivity index (χ2v) is 5.76. The van der Waals surface area contributed by atoms with Crippen LogP contribution in [0.2, 0.25) is 0 Å². The van der Waals surface area contributed by atoms with Crippen LogP contribution in [0.25, 0.3) is 0 Å². The molecule has 2 aromatic rings. The third-order valence-electron chi connectivity index (χ3n) is 3.54. The molecule has 1 aliphatic rings. The molecule has 0 amide bonds. The number of hydrogen-bond donors (Lipinski definition) is 1. The largest absolute Gasteiger partial charge is 0.493 e. The Morgan fingerprint density at radius 2 is 2.19 bits per heavy atom. The van der Waals surface area contributed by atoms with Gasteiger partial charge in [-0.1, -0.05) is 0 Å². The number of methoxy groups -OCH3 is 1. The molecule has 0 bridgehead atoms. The predicted octanol–water partition coefficient (Wildman–Crippen LogP) is 3.38. The van der Waals surface area contributed by atoms with Gasteiger partial charge in [-0.25, -0.2) is 0 Å². The highest BCUT2D eigenvalue weighted by atomic mass is 32.1. The van der Waals surface area contributed by atoms with E-state index in [-0.39, 0.29) is 0 Å². The molecule has 1 atom stereocenters. The molecule has 21 heavy (non-hydrogen) atoms. The van der Waals surface area contributed by atoms with Crippen molar-refractivity contribution in [2.24, 2.45) is 0 Å². The lowest BCUT2D eigenvalue weighted by Crippen LogP contribution is -2.19. The second kappa shape index (κ2) is 6.37. The van der Waals surface area contributed by atoms with Crippen molar-refractivity contribution in [3.63, 3.8) is 0 Å². The first-order valence-corrected chi connectivity index (χ1v) is 7.94. The quantitative estimate of drug-likeness (QED) is 0.919. The van der Waals surface area contributed by atoms with Gasteiger partial charge >= 0.3 is 0 Å². The lowest BCUT2D eigenvalue weighted by atomic mass is 10.1. The van der Waals surface area contributed by atoms with Crippen molar-refractivity contribution in [1.82, 2.24) is 5.32 Å². The smallest absolute Gasteiger partial charge is 0.203 e. The molecule has 1 aromatic carbocycles. The van der Waals surface area contributed by atoms with E-state index in [2.05, 4.69) is 29.1 Å². The molecule has 2 heterocycles. The van der Waals surface area contributed by atoms with E-state index in [0.717, 1.165) is 23.6 Å². The summed E-state index contributed by atoms with van der Waals surface area (Å²) < 4.78 is 16.7. The van der Waals surface area contributed by atoms with Gasteiger partial charge in [0.15, 0.2) is 11.5 Å². The minimum absolute atomic E-state index is 0.315. The molecule has 0 saturated heterocycles. The van der Waals surface area contributed by atoms with Crippen molar-refractivity contribution < 1.29 is 14.2 Å². The van der Waals surface area contributed by atoms with Gasteiger partial charge in [0.1, 0.15) is 13.2 Å². The molecule has 1 N–H and O–H groups in total. The van der Waals surface area contributed by atoms with Crippen molar-refractivity contribution in [1.29, 1.82) is 0 Å². The fourth-order valence-corrected chi connectivity index (χ4v) is 3.09. The van der Waals surface area contributed by atoms with Crippen LogP contribution in [0.1, 0.15) is 24.1 Å². The zero-order chi connectivity index (χ0) is 14.7. The van der Waals surface area contributed by atoms with Crippen LogP contribution >= 0.6 is 11.3 Å². The standard InChI is InChI=1S/C16H19NO3S/c1-11(13-3-6-21-10-13)17-9-12-7-14(18-2)16-15(8-12)19-4-5-20-16/h3,6-8,10-11,17H,4-5,9H2,1-2H3. The van der Waals surface area contributed by atoms with E-state index in [1.54, 1.807) is 18.4 Å². The van der Waals surface area contributed by atoms with E-state index in [9.17, 15) is 0 Å². The average Bonchev–Trinajstić information content (AvgIpc) is 3.06. The Morgan fingerprint density at radius 3 is 2.95 bits per heavy atom. The molecule has 0 spiro atoms. The van der Waals surface area contributed by atoms with Gasteiger partial charge < -0.3 is 19.5 Å². The summed E-state index contributed by atoms with van der Waals surface area (Å²) in [5, 5.41) is 7.78. The average molecular weight is 305 g/mol. The Balaban J connectivity index is 1.73. The number of hydrogen-bond acceptors (Lipinski definition) is 5. The van der Waals surface area contributed by atoms with Crippen LogP contribution < -0.4 is 19.5 Å². The summed E-state index contributed by atoms with van der Waals surface area (Å²) in [4.78, 5) is 0. The van der Waals surface area contributed by atoms with Crippen molar-refractivity contribution >= 4 is 11.3 Å². The highest BCUT2D eigenvalue weighted by Crippen LogP contribution is 2.40. The first kappa shape index (κ1) is 14.2. The molecule has 1 unspecified atom stereocenters. The topological polar surface area (TPSA) is 39.7 Å². The zero-order valence-corrected chi connectivity index (χ0v) is 13.0. The van der Waals surface area contributed by atoms with Crippen LogP contribution in [-0.4, -0.2) is 20.3 Å². The van der Waals surface area contributed by atoms with Crippen molar-refractivity contribution in [3.8, 4) is 17.2 Å². The normalized spacial score (nSPS) is 14.8. The maximum Gasteiger partial charge on any atom is 0.203 e. The van der Waals surface area contributed by atoms with Gasteiger partial charge in [0.25, 0.3) is 0 Å². The van der Waals surface area contributed by atoms with Gasteiger partial charge in [-0.2, -0.15) is 11.3 Å². The molecule has 112 valence electrons. The molecule has 1 aliphatic heterocycles. The van der Waals surface area contributed by atoms with Crippen LogP contribution in [0.5, 0.6) is 17.2 Å². The minimum Gasteiger partial charge on any atom is -0.493 e. The number of nitrogens with one attached hydrogen (secondary N) is 1. The summed E-state index contributed by atoms with van der Waals surface area (Å²) in [6.07, 6.45) is 0. The Kier molecular flexibility index (Phi) is 4.31. The summed E-state index contributed by atoms with van der Waals surface area (Å²) in [7, 11) is 1.65. The molecule has 4 nitrogen and oxygen atoms in total. The lowest BCUT2D eigenvalue weighted by Gasteiger charge is -2.22. The molecular formula is C16H19NO3S. The van der Waals surface area contributed by atoms with Crippen molar-refractivity contribution in [3.05, 3.63) is 40.1 Å². The maximum absolute atomic E-state index is 5.65. The van der Waals surface area contributed by atoms with E-state index >= 15 is 0 Å². The zero-order valence-electron chi connectivity index (χ0n) is 12.2. The molecule has 0 radical (unpaired) electrons. The molecule has 0 fully saturated rings. The SMILES string of the molecule is COc1cc(CNC(C)c2ccsc2)cc2c1OCCO2. The Hall–Kier alpha value is -1.72. The molecule has 0 saturated carbocycles. The van der Waals surface area contributed by atoms with Crippen LogP contribution in [-0.2, 0) is 6.54 Å². The van der Waals surface area contributed by atoms with E-state index in [1.807, 2.05) is 12.1 Å². The van der Waals surface area contributed by atoms with Crippen LogP contribution in [0.4, 0.5) is 0 Å². The number of fused-ring (bicyclic) bond motifs is 1. The summed E-state index contributed by atoms with van der Waals surface area (Å²) in [6, 6.07) is 6.48. The van der Waals surface area contributed by atoms with Crippen LogP contribution in [0, 0.1) is 0 Å². The van der Waals surface area contributed by atoms with E-state index in [4.69, 9.17) is 14.2 Å². The maximum atomic E-state index is 5.65. The van der Waals surface area contributed by atoms with Gasteiger partial charge in [0.05, 0.1) is 7.11 Å². The molecule has 0 aliphatic carbocycles. The number of rotatable bonds is 5. The molecular weight excluding hydrogens is 286 g/mol. The summed E-state index contributed by atoms with van der Waals surface area (Å²) in [5.74, 6) is 2.20. The van der Waals surface area contributed by atoms with Gasteiger partial charge in [-0.15, -0.1) is 0 Å². The Morgan fingerprint density at radius 1 is 1.33 bits per heavy atom. The van der Waals surface area contributed by atoms with Gasteiger partial charge in [0, 0.05) is 12.6 Å².